The van der Waals surface area contributed by atoms with E-state index in [1.807, 2.05) is 14.0 Å². The third-order valence-electron chi connectivity index (χ3n) is 2.65. The third kappa shape index (κ3) is 1.61. The molecule has 1 aliphatic heterocycles. The van der Waals surface area contributed by atoms with Gasteiger partial charge in [-0.15, -0.1) is 0 Å². The Balaban J connectivity index is 2.36. The van der Waals surface area contributed by atoms with E-state index < -0.39 is 0 Å². The van der Waals surface area contributed by atoms with Crippen molar-refractivity contribution in [2.45, 2.75) is 6.92 Å². The molecule has 1 N–H and O–H groups in total. The normalized spacial score (nSPS) is 18.4. The molecular weight excluding hydrogens is 224 g/mol. The minimum Gasteiger partial charge on any atom is -0.328 e. The van der Waals surface area contributed by atoms with Gasteiger partial charge < -0.3 is 5.32 Å². The van der Waals surface area contributed by atoms with E-state index in [0.717, 1.165) is 11.3 Å². The maximum atomic E-state index is 11.7. The zero-order valence-electron chi connectivity index (χ0n) is 9.31. The summed E-state index contributed by atoms with van der Waals surface area (Å²) in [5.41, 5.74) is 2.41. The van der Waals surface area contributed by atoms with E-state index >= 15 is 0 Å². The second-order valence-electron chi connectivity index (χ2n) is 3.66. The second-order valence-corrected chi connectivity index (χ2v) is 4.05. The standard InChI is InChI=1S/C10H12N4OS/c1-6-7(5-11-14(6)3)4-8-9(15)13(2)10(16)12-8/h4-5H,1-3H3,(H,12,16)/b8-4+. The quantitative estimate of drug-likeness (QED) is 0.567. The highest BCUT2D eigenvalue weighted by Crippen LogP contribution is 2.14. The number of thiocarbonyl (C=S) groups is 1. The van der Waals surface area contributed by atoms with Gasteiger partial charge in [0.1, 0.15) is 5.70 Å². The predicted molar refractivity (Wildman–Crippen MR) is 64.4 cm³/mol. The van der Waals surface area contributed by atoms with Crippen molar-refractivity contribution in [1.82, 2.24) is 20.0 Å². The Morgan fingerprint density at radius 2 is 2.19 bits per heavy atom. The van der Waals surface area contributed by atoms with Crippen LogP contribution < -0.4 is 5.32 Å². The van der Waals surface area contributed by atoms with E-state index in [-0.39, 0.29) is 5.91 Å². The number of aromatic nitrogens is 2. The van der Waals surface area contributed by atoms with Crippen LogP contribution in [0.15, 0.2) is 11.9 Å². The highest BCUT2D eigenvalue weighted by Gasteiger charge is 2.27. The number of carbonyl (C=O) groups excluding carboxylic acids is 1. The van der Waals surface area contributed by atoms with Gasteiger partial charge in [0.25, 0.3) is 5.91 Å². The Hall–Kier alpha value is -1.69. The summed E-state index contributed by atoms with van der Waals surface area (Å²) < 4.78 is 1.76. The number of carbonyl (C=O) groups is 1. The number of hydrogen-bond donors (Lipinski definition) is 1. The topological polar surface area (TPSA) is 50.2 Å². The fourth-order valence-corrected chi connectivity index (χ4v) is 1.63. The number of nitrogens with one attached hydrogen (secondary N) is 1. The molecule has 0 atom stereocenters. The molecule has 0 spiro atoms. The molecule has 2 rings (SSSR count). The summed E-state index contributed by atoms with van der Waals surface area (Å²) in [6, 6.07) is 0. The zero-order chi connectivity index (χ0) is 11.9. The summed E-state index contributed by atoms with van der Waals surface area (Å²) in [6.07, 6.45) is 3.49. The van der Waals surface area contributed by atoms with E-state index in [0.29, 0.717) is 10.8 Å². The van der Waals surface area contributed by atoms with Crippen LogP contribution in [0.4, 0.5) is 0 Å². The lowest BCUT2D eigenvalue weighted by Gasteiger charge is -2.02. The van der Waals surface area contributed by atoms with Gasteiger partial charge in [-0.05, 0) is 25.2 Å². The fourth-order valence-electron chi connectivity index (χ4n) is 1.44. The van der Waals surface area contributed by atoms with Crippen LogP contribution in [0.2, 0.25) is 0 Å². The molecule has 0 aromatic carbocycles. The average molecular weight is 236 g/mol. The maximum Gasteiger partial charge on any atom is 0.276 e. The Labute approximate surface area is 98.7 Å². The predicted octanol–water partition coefficient (Wildman–Crippen LogP) is 0.416. The van der Waals surface area contributed by atoms with E-state index in [4.69, 9.17) is 12.2 Å². The summed E-state index contributed by atoms with van der Waals surface area (Å²) in [4.78, 5) is 13.1. The van der Waals surface area contributed by atoms with Crippen molar-refractivity contribution in [1.29, 1.82) is 0 Å². The van der Waals surface area contributed by atoms with Crippen molar-refractivity contribution in [3.63, 3.8) is 0 Å². The largest absolute Gasteiger partial charge is 0.328 e. The van der Waals surface area contributed by atoms with Gasteiger partial charge in [0.2, 0.25) is 0 Å². The van der Waals surface area contributed by atoms with Gasteiger partial charge in [-0.3, -0.25) is 14.4 Å². The van der Waals surface area contributed by atoms with Crippen molar-refractivity contribution in [3.05, 3.63) is 23.2 Å². The molecule has 84 valence electrons. The lowest BCUT2D eigenvalue weighted by atomic mass is 10.2. The molecular formula is C10H12N4OS. The van der Waals surface area contributed by atoms with Crippen LogP contribution in [0.1, 0.15) is 11.3 Å². The average Bonchev–Trinajstić information content (AvgIpc) is 2.68. The van der Waals surface area contributed by atoms with Gasteiger partial charge in [-0.25, -0.2) is 0 Å². The van der Waals surface area contributed by atoms with E-state index in [1.54, 1.807) is 24.0 Å². The van der Waals surface area contributed by atoms with Gasteiger partial charge in [0.15, 0.2) is 5.11 Å². The van der Waals surface area contributed by atoms with Crippen molar-refractivity contribution in [2.24, 2.45) is 7.05 Å². The van der Waals surface area contributed by atoms with Crippen LogP contribution in [0, 0.1) is 6.92 Å². The molecule has 1 aromatic rings. The second kappa shape index (κ2) is 3.71. The van der Waals surface area contributed by atoms with Gasteiger partial charge in [-0.2, -0.15) is 5.10 Å². The first-order chi connectivity index (χ1) is 7.50. The summed E-state index contributed by atoms with van der Waals surface area (Å²) in [5, 5.41) is 7.41. The number of amides is 1. The first kappa shape index (κ1) is 10.8. The Morgan fingerprint density at radius 3 is 2.62 bits per heavy atom. The summed E-state index contributed by atoms with van der Waals surface area (Å²) in [7, 11) is 3.51. The lowest BCUT2D eigenvalue weighted by molar-refractivity contribution is -0.121. The highest BCUT2D eigenvalue weighted by molar-refractivity contribution is 7.80. The number of rotatable bonds is 1. The summed E-state index contributed by atoms with van der Waals surface area (Å²) in [5.74, 6) is -0.117. The SMILES string of the molecule is Cc1c(/C=C2/NC(=S)N(C)C2=O)cnn1C. The minimum atomic E-state index is -0.117. The molecule has 16 heavy (non-hydrogen) atoms. The van der Waals surface area contributed by atoms with Crippen LogP contribution in [-0.2, 0) is 11.8 Å². The fraction of sp³-hybridized carbons (Fsp3) is 0.300. The smallest absolute Gasteiger partial charge is 0.276 e. The number of aryl methyl sites for hydroxylation is 1. The maximum absolute atomic E-state index is 11.7. The summed E-state index contributed by atoms with van der Waals surface area (Å²) >= 11 is 4.98. The van der Waals surface area contributed by atoms with Crippen LogP contribution in [0.25, 0.3) is 6.08 Å². The Kier molecular flexibility index (Phi) is 2.51. The van der Waals surface area contributed by atoms with Crippen LogP contribution >= 0.6 is 12.2 Å². The van der Waals surface area contributed by atoms with Crippen molar-refractivity contribution < 1.29 is 4.79 Å². The molecule has 0 aliphatic carbocycles. The monoisotopic (exact) mass is 236 g/mol. The van der Waals surface area contributed by atoms with Gasteiger partial charge in [0.05, 0.1) is 6.20 Å². The van der Waals surface area contributed by atoms with Gasteiger partial charge in [0, 0.05) is 25.4 Å². The Bertz CT molecular complexity index is 503. The van der Waals surface area contributed by atoms with Crippen LogP contribution in [0.3, 0.4) is 0 Å². The molecule has 0 unspecified atom stereocenters. The molecule has 1 saturated heterocycles. The lowest BCUT2D eigenvalue weighted by Crippen LogP contribution is -2.25. The minimum absolute atomic E-state index is 0.117. The van der Waals surface area contributed by atoms with E-state index in [9.17, 15) is 4.79 Å². The number of nitrogens with zero attached hydrogens (tertiary/aromatic N) is 3. The van der Waals surface area contributed by atoms with Crippen molar-refractivity contribution in [2.75, 3.05) is 7.05 Å². The Morgan fingerprint density at radius 1 is 1.50 bits per heavy atom. The first-order valence-corrected chi connectivity index (χ1v) is 5.21. The molecule has 1 aromatic heterocycles. The molecule has 6 heteroatoms. The molecule has 2 heterocycles. The molecule has 5 nitrogen and oxygen atoms in total. The highest BCUT2D eigenvalue weighted by atomic mass is 32.1. The van der Waals surface area contributed by atoms with Gasteiger partial charge >= 0.3 is 0 Å². The number of likely N-dealkylation sites (N-methyl/N-ethyl adjacent to an activating group) is 1. The molecule has 0 bridgehead atoms. The van der Waals surface area contributed by atoms with Crippen molar-refractivity contribution in [3.8, 4) is 0 Å². The van der Waals surface area contributed by atoms with Gasteiger partial charge in [-0.1, -0.05) is 0 Å². The third-order valence-corrected chi connectivity index (χ3v) is 3.03. The van der Waals surface area contributed by atoms with Crippen LogP contribution in [0.5, 0.6) is 0 Å². The summed E-state index contributed by atoms with van der Waals surface area (Å²) in [6.45, 7) is 1.95. The van der Waals surface area contributed by atoms with Crippen LogP contribution in [-0.4, -0.2) is 32.7 Å². The zero-order valence-corrected chi connectivity index (χ0v) is 10.1. The molecule has 1 amide bonds. The molecule has 1 aliphatic rings. The molecule has 0 saturated carbocycles. The molecule has 1 fully saturated rings. The van der Waals surface area contributed by atoms with E-state index in [1.165, 1.54) is 4.90 Å². The van der Waals surface area contributed by atoms with Crippen molar-refractivity contribution >= 4 is 29.3 Å². The first-order valence-electron chi connectivity index (χ1n) is 4.80. The number of hydrogen-bond acceptors (Lipinski definition) is 3. The molecule has 0 radical (unpaired) electrons. The van der Waals surface area contributed by atoms with E-state index in [2.05, 4.69) is 10.4 Å².